The van der Waals surface area contributed by atoms with Crippen molar-refractivity contribution in [3.8, 4) is 0 Å². The smallest absolute Gasteiger partial charge is 0.0147 e. The topological polar surface area (TPSA) is 0 Å². The molecule has 0 unspecified atom stereocenters. The predicted molar refractivity (Wildman–Crippen MR) is 63.2 cm³/mol. The summed E-state index contributed by atoms with van der Waals surface area (Å²) in [4.78, 5) is 2.44. The zero-order valence-electron chi connectivity index (χ0n) is 8.92. The lowest BCUT2D eigenvalue weighted by Gasteiger charge is -2.02. The maximum Gasteiger partial charge on any atom is 0.0147 e. The van der Waals surface area contributed by atoms with Crippen molar-refractivity contribution < 1.29 is 0 Å². The minimum absolute atomic E-state index is 1.14. The van der Waals surface area contributed by atoms with Crippen LogP contribution in [0.5, 0.6) is 0 Å². The van der Waals surface area contributed by atoms with Crippen molar-refractivity contribution in [3.05, 3.63) is 41.3 Å². The molecule has 0 aliphatic heterocycles. The minimum Gasteiger partial charge on any atom is -0.0952 e. The molecule has 0 aliphatic rings. The summed E-state index contributed by atoms with van der Waals surface area (Å²) < 4.78 is 0. The van der Waals surface area contributed by atoms with Crippen LogP contribution in [0.1, 0.15) is 26.3 Å². The van der Waals surface area contributed by atoms with Crippen molar-refractivity contribution in [3.63, 3.8) is 0 Å². The Bertz CT molecular complexity index is 264. The third kappa shape index (κ3) is 4.79. The second kappa shape index (κ2) is 6.79. The molecule has 1 aromatic carbocycles. The van der Waals surface area contributed by atoms with Crippen LogP contribution in [0.2, 0.25) is 0 Å². The summed E-state index contributed by atoms with van der Waals surface area (Å²) in [6.07, 6.45) is 0. The lowest BCUT2D eigenvalue weighted by atomic mass is 10.2. The first-order chi connectivity index (χ1) is 6.20. The highest BCUT2D eigenvalue weighted by Gasteiger charge is 1.95. The molecule has 0 aliphatic carbocycles. The van der Waals surface area contributed by atoms with Gasteiger partial charge in [-0.05, 0) is 30.4 Å². The maximum atomic E-state index is 3.85. The van der Waals surface area contributed by atoms with Crippen molar-refractivity contribution in [2.75, 3.05) is 0 Å². The van der Waals surface area contributed by atoms with Gasteiger partial charge < -0.3 is 0 Å². The van der Waals surface area contributed by atoms with Crippen LogP contribution < -0.4 is 0 Å². The molecular formula is C12H18S. The Hall–Kier alpha value is -0.690. The molecule has 1 aromatic rings. The number of aryl methyl sites for hydroxylation is 1. The highest BCUT2D eigenvalue weighted by molar-refractivity contribution is 8.03. The zero-order valence-corrected chi connectivity index (χ0v) is 9.74. The van der Waals surface area contributed by atoms with Crippen LogP contribution in [0.4, 0.5) is 0 Å². The van der Waals surface area contributed by atoms with Crippen LogP contribution >= 0.6 is 11.8 Å². The fraction of sp³-hybridized carbons (Fsp3) is 0.333. The molecule has 72 valence electrons. The van der Waals surface area contributed by atoms with Gasteiger partial charge in [-0.1, -0.05) is 50.4 Å². The lowest BCUT2D eigenvalue weighted by Crippen LogP contribution is -1.76. The Morgan fingerprint density at radius 2 is 1.77 bits per heavy atom. The van der Waals surface area contributed by atoms with Gasteiger partial charge in [-0.15, -0.1) is 0 Å². The second-order valence-corrected chi connectivity index (χ2v) is 3.91. The summed E-state index contributed by atoms with van der Waals surface area (Å²) in [6.45, 7) is 12.0. The van der Waals surface area contributed by atoms with E-state index >= 15 is 0 Å². The Morgan fingerprint density at radius 3 is 2.23 bits per heavy atom. The van der Waals surface area contributed by atoms with Gasteiger partial charge in [0.05, 0.1) is 0 Å². The summed E-state index contributed by atoms with van der Waals surface area (Å²) in [5, 5.41) is 0. The standard InChI is InChI=1S/C10H12S.C2H6/c1-8(2)11-10-7-5-4-6-9(10)3;1-2/h4-7H,1H2,2-3H3;1-2H3. The van der Waals surface area contributed by atoms with E-state index in [1.165, 1.54) is 10.5 Å². The number of allylic oxidation sites excluding steroid dienone is 1. The molecule has 1 rings (SSSR count). The normalized spacial score (nSPS) is 8.62. The molecule has 0 heterocycles. The Kier molecular flexibility index (Phi) is 6.43. The van der Waals surface area contributed by atoms with E-state index in [0.29, 0.717) is 0 Å². The van der Waals surface area contributed by atoms with E-state index < -0.39 is 0 Å². The molecule has 0 atom stereocenters. The molecule has 1 heteroatoms. The summed E-state index contributed by atoms with van der Waals surface area (Å²) in [5.41, 5.74) is 1.32. The van der Waals surface area contributed by atoms with Crippen molar-refractivity contribution in [1.29, 1.82) is 0 Å². The Balaban J connectivity index is 0.000000671. The van der Waals surface area contributed by atoms with Gasteiger partial charge >= 0.3 is 0 Å². The van der Waals surface area contributed by atoms with E-state index in [2.05, 4.69) is 37.8 Å². The molecule has 0 spiro atoms. The average molecular weight is 194 g/mol. The fourth-order valence-corrected chi connectivity index (χ4v) is 1.61. The highest BCUT2D eigenvalue weighted by atomic mass is 32.2. The van der Waals surface area contributed by atoms with E-state index in [1.807, 2.05) is 20.8 Å². The van der Waals surface area contributed by atoms with E-state index in [0.717, 1.165) is 4.91 Å². The number of hydrogen-bond acceptors (Lipinski definition) is 1. The molecule has 0 saturated heterocycles. The molecule has 0 saturated carbocycles. The van der Waals surface area contributed by atoms with Crippen LogP contribution in [-0.4, -0.2) is 0 Å². The summed E-state index contributed by atoms with van der Waals surface area (Å²) in [6, 6.07) is 8.34. The van der Waals surface area contributed by atoms with Gasteiger partial charge in [-0.3, -0.25) is 0 Å². The maximum absolute atomic E-state index is 3.85. The van der Waals surface area contributed by atoms with Crippen LogP contribution in [0.3, 0.4) is 0 Å². The molecule has 0 bridgehead atoms. The molecule has 0 radical (unpaired) electrons. The van der Waals surface area contributed by atoms with Crippen molar-refractivity contribution in [2.24, 2.45) is 0 Å². The van der Waals surface area contributed by atoms with Crippen molar-refractivity contribution in [1.82, 2.24) is 0 Å². The van der Waals surface area contributed by atoms with Gasteiger partial charge in [0, 0.05) is 4.90 Å². The molecule has 0 nitrogen and oxygen atoms in total. The molecule has 0 aromatic heterocycles. The van der Waals surface area contributed by atoms with Gasteiger partial charge in [0.2, 0.25) is 0 Å². The summed E-state index contributed by atoms with van der Waals surface area (Å²) in [5.74, 6) is 0. The van der Waals surface area contributed by atoms with E-state index in [-0.39, 0.29) is 0 Å². The van der Waals surface area contributed by atoms with Crippen LogP contribution in [0.25, 0.3) is 0 Å². The third-order valence-corrected chi connectivity index (χ3v) is 2.40. The highest BCUT2D eigenvalue weighted by Crippen LogP contribution is 2.27. The summed E-state index contributed by atoms with van der Waals surface area (Å²) >= 11 is 1.73. The number of thioether (sulfide) groups is 1. The second-order valence-electron chi connectivity index (χ2n) is 2.57. The van der Waals surface area contributed by atoms with Gasteiger partial charge in [-0.25, -0.2) is 0 Å². The third-order valence-electron chi connectivity index (χ3n) is 1.38. The van der Waals surface area contributed by atoms with Gasteiger partial charge in [0.1, 0.15) is 0 Å². The van der Waals surface area contributed by atoms with E-state index in [1.54, 1.807) is 11.8 Å². The predicted octanol–water partition coefficient (Wildman–Crippen LogP) is 4.65. The lowest BCUT2D eigenvalue weighted by molar-refractivity contribution is 1.31. The van der Waals surface area contributed by atoms with E-state index in [9.17, 15) is 0 Å². The van der Waals surface area contributed by atoms with Crippen LogP contribution in [0.15, 0.2) is 40.6 Å². The van der Waals surface area contributed by atoms with Crippen LogP contribution in [-0.2, 0) is 0 Å². The van der Waals surface area contributed by atoms with E-state index in [4.69, 9.17) is 0 Å². The molecule has 0 fully saturated rings. The Morgan fingerprint density at radius 1 is 1.23 bits per heavy atom. The summed E-state index contributed by atoms with van der Waals surface area (Å²) in [7, 11) is 0. The van der Waals surface area contributed by atoms with Crippen molar-refractivity contribution in [2.45, 2.75) is 32.6 Å². The molecule has 13 heavy (non-hydrogen) atoms. The fourth-order valence-electron chi connectivity index (χ4n) is 0.859. The number of hydrogen-bond donors (Lipinski definition) is 0. The van der Waals surface area contributed by atoms with Gasteiger partial charge in [0.15, 0.2) is 0 Å². The molecule has 0 N–H and O–H groups in total. The number of benzene rings is 1. The van der Waals surface area contributed by atoms with Crippen LogP contribution in [0, 0.1) is 6.92 Å². The largest absolute Gasteiger partial charge is 0.0952 e. The number of rotatable bonds is 2. The van der Waals surface area contributed by atoms with Crippen molar-refractivity contribution >= 4 is 11.8 Å². The monoisotopic (exact) mass is 194 g/mol. The average Bonchev–Trinajstić information content (AvgIpc) is 2.12. The molecule has 0 amide bonds. The first kappa shape index (κ1) is 12.3. The Labute approximate surface area is 86.1 Å². The quantitative estimate of drug-likeness (QED) is 0.618. The molecular weight excluding hydrogens is 176 g/mol. The van der Waals surface area contributed by atoms with Gasteiger partial charge in [0.25, 0.3) is 0 Å². The first-order valence-corrected chi connectivity index (χ1v) is 5.41. The minimum atomic E-state index is 1.14. The first-order valence-electron chi connectivity index (χ1n) is 4.59. The zero-order chi connectivity index (χ0) is 10.3. The van der Waals surface area contributed by atoms with Gasteiger partial charge in [-0.2, -0.15) is 0 Å². The SMILES string of the molecule is C=C(C)Sc1ccccc1C.CC.